The lowest BCUT2D eigenvalue weighted by atomic mass is 9.80. The van der Waals surface area contributed by atoms with Crippen LogP contribution in [-0.4, -0.2) is 31.3 Å². The molecule has 0 saturated heterocycles. The summed E-state index contributed by atoms with van der Waals surface area (Å²) < 4.78 is 49.8. The van der Waals surface area contributed by atoms with Crippen LogP contribution in [0.15, 0.2) is 40.2 Å². The number of aliphatic imine (C=N–C) groups is 1. The number of carbonyl (C=O) groups is 2. The van der Waals surface area contributed by atoms with Crippen molar-refractivity contribution >= 4 is 46.1 Å². The summed E-state index contributed by atoms with van der Waals surface area (Å²) in [5, 5.41) is 0.440. The number of ether oxygens (including phenoxy) is 2. The van der Waals surface area contributed by atoms with Gasteiger partial charge in [-0.2, -0.15) is 13.2 Å². The Morgan fingerprint density at radius 2 is 1.88 bits per heavy atom. The Balaban J connectivity index is 2.10. The van der Waals surface area contributed by atoms with Crippen molar-refractivity contribution in [3.05, 3.63) is 52.0 Å². The zero-order valence-electron chi connectivity index (χ0n) is 18.6. The highest BCUT2D eigenvalue weighted by molar-refractivity contribution is 8.13. The molecule has 3 rings (SSSR count). The first-order valence-electron chi connectivity index (χ1n) is 9.84. The number of esters is 1. The first-order chi connectivity index (χ1) is 15.9. The highest BCUT2D eigenvalue weighted by Gasteiger charge is 2.36. The number of methoxy groups -OCH3 is 2. The molecule has 2 aromatic carbocycles. The second kappa shape index (κ2) is 9.75. The van der Waals surface area contributed by atoms with E-state index in [1.165, 1.54) is 13.2 Å². The Morgan fingerprint density at radius 3 is 2.50 bits per heavy atom. The molecule has 2 N–H and O–H groups in total. The van der Waals surface area contributed by atoms with Crippen LogP contribution in [0, 0.1) is 0 Å². The molecule has 1 aliphatic rings. The van der Waals surface area contributed by atoms with E-state index in [4.69, 9.17) is 16.3 Å². The van der Waals surface area contributed by atoms with Crippen LogP contribution in [0.1, 0.15) is 41.8 Å². The van der Waals surface area contributed by atoms with Gasteiger partial charge in [-0.25, -0.2) is 9.79 Å². The number of rotatable bonds is 3. The summed E-state index contributed by atoms with van der Waals surface area (Å²) in [5.41, 5.74) is 3.97. The maximum Gasteiger partial charge on any atom is 0.417 e. The van der Waals surface area contributed by atoms with Gasteiger partial charge in [0.1, 0.15) is 5.75 Å². The minimum absolute atomic E-state index is 0.109. The van der Waals surface area contributed by atoms with E-state index in [0.717, 1.165) is 31.0 Å². The molecule has 7 nitrogen and oxygen atoms in total. The van der Waals surface area contributed by atoms with Gasteiger partial charge in [0, 0.05) is 16.7 Å². The van der Waals surface area contributed by atoms with E-state index in [9.17, 15) is 22.8 Å². The SMILES string of the molecule is COC(=O)c1cc(SC2=Nc3cc(Cl)c(OC)cc3C(C)(C)CC(=O)NN2)ccc1C(F)(F)F. The number of thioether (sulfide) groups is 1. The molecule has 2 aromatic rings. The van der Waals surface area contributed by atoms with Crippen LogP contribution in [0.4, 0.5) is 18.9 Å². The summed E-state index contributed by atoms with van der Waals surface area (Å²) in [6.45, 7) is 3.73. The summed E-state index contributed by atoms with van der Waals surface area (Å²) in [4.78, 5) is 29.3. The van der Waals surface area contributed by atoms with Gasteiger partial charge in [-0.15, -0.1) is 0 Å². The van der Waals surface area contributed by atoms with Gasteiger partial charge in [-0.1, -0.05) is 37.2 Å². The molecule has 1 heterocycles. The molecule has 12 heteroatoms. The van der Waals surface area contributed by atoms with Crippen LogP contribution in [-0.2, 0) is 21.1 Å². The average Bonchev–Trinajstić information content (AvgIpc) is 2.79. The fraction of sp³-hybridized carbons (Fsp3) is 0.318. The van der Waals surface area contributed by atoms with Crippen molar-refractivity contribution in [3.63, 3.8) is 0 Å². The number of nitrogens with one attached hydrogen (secondary N) is 2. The Labute approximate surface area is 203 Å². The Hall–Kier alpha value is -2.92. The molecule has 0 saturated carbocycles. The molecule has 0 atom stereocenters. The maximum atomic E-state index is 13.3. The van der Waals surface area contributed by atoms with Gasteiger partial charge in [-0.3, -0.25) is 15.6 Å². The van der Waals surface area contributed by atoms with Crippen LogP contribution in [0.3, 0.4) is 0 Å². The summed E-state index contributed by atoms with van der Waals surface area (Å²) in [6.07, 6.45) is -4.63. The molecule has 0 spiro atoms. The molecule has 0 aromatic heterocycles. The van der Waals surface area contributed by atoms with Crippen molar-refractivity contribution in [3.8, 4) is 5.75 Å². The predicted molar refractivity (Wildman–Crippen MR) is 123 cm³/mol. The monoisotopic (exact) mass is 515 g/mol. The van der Waals surface area contributed by atoms with Gasteiger partial charge in [0.05, 0.1) is 36.1 Å². The molecular weight excluding hydrogens is 495 g/mol. The number of halogens is 4. The van der Waals surface area contributed by atoms with E-state index >= 15 is 0 Å². The van der Waals surface area contributed by atoms with Crippen molar-refractivity contribution in [1.82, 2.24) is 10.9 Å². The van der Waals surface area contributed by atoms with E-state index in [0.29, 0.717) is 22.0 Å². The van der Waals surface area contributed by atoms with Crippen LogP contribution < -0.4 is 15.6 Å². The number of amidine groups is 1. The number of hydrogen-bond donors (Lipinski definition) is 2. The predicted octanol–water partition coefficient (Wildman–Crippen LogP) is 5.24. The number of hydrazine groups is 1. The van der Waals surface area contributed by atoms with Crippen LogP contribution >= 0.6 is 23.4 Å². The van der Waals surface area contributed by atoms with E-state index in [1.54, 1.807) is 12.1 Å². The number of carbonyl (C=O) groups excluding carboxylic acids is 2. The van der Waals surface area contributed by atoms with Crippen molar-refractivity contribution in [2.24, 2.45) is 4.99 Å². The van der Waals surface area contributed by atoms with E-state index in [1.807, 2.05) is 13.8 Å². The zero-order chi connectivity index (χ0) is 25.3. The third-order valence-electron chi connectivity index (χ3n) is 5.05. The molecule has 34 heavy (non-hydrogen) atoms. The van der Waals surface area contributed by atoms with Gasteiger partial charge >= 0.3 is 12.1 Å². The first kappa shape index (κ1) is 25.7. The van der Waals surface area contributed by atoms with E-state index < -0.39 is 28.7 Å². The molecule has 1 amide bonds. The minimum atomic E-state index is -4.74. The fourth-order valence-corrected chi connectivity index (χ4v) is 4.43. The molecule has 0 bridgehead atoms. The Kier molecular flexibility index (Phi) is 7.37. The second-order valence-electron chi connectivity index (χ2n) is 7.95. The molecule has 0 fully saturated rings. The Morgan fingerprint density at radius 1 is 1.18 bits per heavy atom. The summed E-state index contributed by atoms with van der Waals surface area (Å²) in [7, 11) is 2.47. The number of nitrogens with zero attached hydrogens (tertiary/aromatic N) is 1. The van der Waals surface area contributed by atoms with Crippen LogP contribution in [0.25, 0.3) is 0 Å². The van der Waals surface area contributed by atoms with Crippen molar-refractivity contribution in [1.29, 1.82) is 0 Å². The molecule has 0 radical (unpaired) electrons. The first-order valence-corrected chi connectivity index (χ1v) is 11.0. The zero-order valence-corrected chi connectivity index (χ0v) is 20.2. The van der Waals surface area contributed by atoms with Gasteiger partial charge in [-0.05, 0) is 35.9 Å². The second-order valence-corrected chi connectivity index (χ2v) is 9.42. The quantitative estimate of drug-likeness (QED) is 0.544. The number of amides is 1. The van der Waals surface area contributed by atoms with E-state index in [-0.39, 0.29) is 22.4 Å². The van der Waals surface area contributed by atoms with Gasteiger partial charge in [0.25, 0.3) is 0 Å². The minimum Gasteiger partial charge on any atom is -0.495 e. The highest BCUT2D eigenvalue weighted by atomic mass is 35.5. The maximum absolute atomic E-state index is 13.3. The largest absolute Gasteiger partial charge is 0.495 e. The summed E-state index contributed by atoms with van der Waals surface area (Å²) in [6, 6.07) is 6.34. The van der Waals surface area contributed by atoms with Crippen LogP contribution in [0.2, 0.25) is 5.02 Å². The highest BCUT2D eigenvalue weighted by Crippen LogP contribution is 2.42. The normalized spacial score (nSPS) is 15.5. The lowest BCUT2D eigenvalue weighted by molar-refractivity contribution is -0.138. The van der Waals surface area contributed by atoms with Gasteiger partial charge in [0.15, 0.2) is 5.17 Å². The standard InChI is InChI=1S/C22H21ClF3N3O4S/c1-21(2)10-18(30)28-29-20(27-16-9-15(23)17(32-3)8-14(16)21)34-11-5-6-13(22(24,25)26)12(7-11)19(31)33-4/h5-9H,10H2,1-4H3,(H,27,29)(H,28,30). The van der Waals surface area contributed by atoms with Crippen molar-refractivity contribution in [2.75, 3.05) is 14.2 Å². The molecule has 0 aliphatic carbocycles. The smallest absolute Gasteiger partial charge is 0.417 e. The van der Waals surface area contributed by atoms with E-state index in [2.05, 4.69) is 20.6 Å². The molecule has 182 valence electrons. The number of fused-ring (bicyclic) bond motifs is 1. The molecule has 0 unspecified atom stereocenters. The van der Waals surface area contributed by atoms with Crippen LogP contribution in [0.5, 0.6) is 5.75 Å². The third kappa shape index (κ3) is 5.58. The fourth-order valence-electron chi connectivity index (χ4n) is 3.41. The average molecular weight is 516 g/mol. The Bertz CT molecular complexity index is 1170. The third-order valence-corrected chi connectivity index (χ3v) is 6.22. The van der Waals surface area contributed by atoms with Crippen molar-refractivity contribution in [2.45, 2.75) is 36.8 Å². The number of benzene rings is 2. The molecule has 1 aliphatic heterocycles. The molecular formula is C22H21ClF3N3O4S. The van der Waals surface area contributed by atoms with Gasteiger partial charge in [0.2, 0.25) is 5.91 Å². The summed E-state index contributed by atoms with van der Waals surface area (Å²) >= 11 is 7.21. The topological polar surface area (TPSA) is 89.0 Å². The lowest BCUT2D eigenvalue weighted by Gasteiger charge is -2.26. The summed E-state index contributed by atoms with van der Waals surface area (Å²) in [5.74, 6) is -1.04. The number of hydrogen-bond acceptors (Lipinski definition) is 7. The van der Waals surface area contributed by atoms with Gasteiger partial charge < -0.3 is 9.47 Å². The lowest BCUT2D eigenvalue weighted by Crippen LogP contribution is -2.41. The van der Waals surface area contributed by atoms with Crippen molar-refractivity contribution < 1.29 is 32.2 Å². The number of alkyl halides is 3.